The quantitative estimate of drug-likeness (QED) is 0.402. The number of halogens is 1. The van der Waals surface area contributed by atoms with Gasteiger partial charge in [0.25, 0.3) is 5.91 Å². The predicted octanol–water partition coefficient (Wildman–Crippen LogP) is 3.74. The molecule has 1 saturated heterocycles. The van der Waals surface area contributed by atoms with Crippen LogP contribution in [-0.2, 0) is 20.8 Å². The van der Waals surface area contributed by atoms with Crippen molar-refractivity contribution in [2.45, 2.75) is 38.5 Å². The highest BCUT2D eigenvalue weighted by atomic mass is 35.5. The second-order valence-corrected chi connectivity index (χ2v) is 7.98. The molecule has 0 aliphatic carbocycles. The molecule has 0 saturated carbocycles. The molecular formula is C23H27ClN2O6. The van der Waals surface area contributed by atoms with Crippen LogP contribution in [0, 0.1) is 0 Å². The number of aromatic hydroxyl groups is 2. The number of allylic oxidation sites excluding steroid dienone is 3. The number of hydrogen-bond donors (Lipinski definition) is 2. The number of piperidine rings is 1. The molecule has 0 aromatic heterocycles. The van der Waals surface area contributed by atoms with Crippen LogP contribution in [0.15, 0.2) is 35.5 Å². The van der Waals surface area contributed by atoms with E-state index in [0.29, 0.717) is 12.1 Å². The Labute approximate surface area is 191 Å². The number of rotatable bonds is 3. The Hall–Kier alpha value is -3.00. The SMILES string of the molecule is O=C1OC/C=C/CC/C=C/C(=N/OCC(=O)N2CCCCC2)Cc2c(Cl)c(O)cc(O)c21. The smallest absolute Gasteiger partial charge is 0.342 e. The lowest BCUT2D eigenvalue weighted by atomic mass is 9.99. The Morgan fingerprint density at radius 1 is 1.12 bits per heavy atom. The number of cyclic esters (lactones) is 1. The fourth-order valence-electron chi connectivity index (χ4n) is 3.58. The molecule has 1 aromatic rings. The summed E-state index contributed by atoms with van der Waals surface area (Å²) in [6.45, 7) is 1.28. The van der Waals surface area contributed by atoms with E-state index >= 15 is 0 Å². The first-order valence-electron chi connectivity index (χ1n) is 10.7. The number of oxime groups is 1. The van der Waals surface area contributed by atoms with Crippen LogP contribution in [0.25, 0.3) is 0 Å². The third kappa shape index (κ3) is 6.26. The molecule has 0 atom stereocenters. The first-order chi connectivity index (χ1) is 15.5. The third-order valence-corrected chi connectivity index (χ3v) is 5.67. The molecule has 1 aromatic carbocycles. The van der Waals surface area contributed by atoms with E-state index in [1.54, 1.807) is 17.1 Å². The largest absolute Gasteiger partial charge is 0.507 e. The average molecular weight is 463 g/mol. The molecule has 2 heterocycles. The zero-order valence-corrected chi connectivity index (χ0v) is 18.5. The molecule has 172 valence electrons. The van der Waals surface area contributed by atoms with Gasteiger partial charge in [-0.3, -0.25) is 4.79 Å². The van der Waals surface area contributed by atoms with Crippen molar-refractivity contribution in [2.75, 3.05) is 26.3 Å². The number of likely N-dealkylation sites (tertiary alicyclic amines) is 1. The van der Waals surface area contributed by atoms with Gasteiger partial charge >= 0.3 is 5.97 Å². The Morgan fingerprint density at radius 3 is 2.66 bits per heavy atom. The molecule has 8 nitrogen and oxygen atoms in total. The standard InChI is InChI=1S/C23H27ClN2O6/c24-22-17-13-16(25-32-15-20(29)26-10-6-4-7-11-26)9-5-2-1-3-8-12-31-23(30)21(17)18(27)14-19(22)28/h3,5,8-9,14,27-28H,1-2,4,6-7,10-13,15H2/b8-3+,9-5+,25-16-. The van der Waals surface area contributed by atoms with Gasteiger partial charge in [-0.25, -0.2) is 4.79 Å². The van der Waals surface area contributed by atoms with E-state index in [9.17, 15) is 19.8 Å². The summed E-state index contributed by atoms with van der Waals surface area (Å²) in [5.74, 6) is -1.72. The van der Waals surface area contributed by atoms with Crippen LogP contribution in [0.5, 0.6) is 11.5 Å². The first-order valence-corrected chi connectivity index (χ1v) is 11.0. The van der Waals surface area contributed by atoms with E-state index in [1.807, 2.05) is 12.2 Å². The third-order valence-electron chi connectivity index (χ3n) is 5.25. The second-order valence-electron chi connectivity index (χ2n) is 7.61. The summed E-state index contributed by atoms with van der Waals surface area (Å²) in [5, 5.41) is 24.3. The minimum absolute atomic E-state index is 0.0208. The monoisotopic (exact) mass is 462 g/mol. The fourth-order valence-corrected chi connectivity index (χ4v) is 3.80. The molecule has 0 unspecified atom stereocenters. The summed E-state index contributed by atoms with van der Waals surface area (Å²) in [7, 11) is 0. The Bertz CT molecular complexity index is 935. The molecule has 9 heteroatoms. The van der Waals surface area contributed by atoms with Gasteiger partial charge in [-0.15, -0.1) is 0 Å². The van der Waals surface area contributed by atoms with Crippen LogP contribution in [0.1, 0.15) is 48.0 Å². The number of esters is 1. The van der Waals surface area contributed by atoms with E-state index in [2.05, 4.69) is 5.16 Å². The Balaban J connectivity index is 1.85. The van der Waals surface area contributed by atoms with E-state index in [-0.39, 0.29) is 47.4 Å². The minimum atomic E-state index is -0.771. The van der Waals surface area contributed by atoms with Gasteiger partial charge in [0.2, 0.25) is 0 Å². The van der Waals surface area contributed by atoms with Gasteiger partial charge in [0.05, 0.1) is 10.7 Å². The number of carbonyl (C=O) groups is 2. The maximum Gasteiger partial charge on any atom is 0.342 e. The van der Waals surface area contributed by atoms with Crippen molar-refractivity contribution < 1.29 is 29.4 Å². The van der Waals surface area contributed by atoms with Gasteiger partial charge in [-0.05, 0) is 43.7 Å². The van der Waals surface area contributed by atoms with Crippen LogP contribution in [-0.4, -0.2) is 59.0 Å². The molecule has 1 amide bonds. The van der Waals surface area contributed by atoms with Crippen LogP contribution >= 0.6 is 11.6 Å². The van der Waals surface area contributed by atoms with Crippen LogP contribution < -0.4 is 0 Å². The van der Waals surface area contributed by atoms with E-state index in [0.717, 1.165) is 44.8 Å². The zero-order chi connectivity index (χ0) is 22.9. The molecular weight excluding hydrogens is 436 g/mol. The number of phenolic OH excluding ortho intramolecular Hbond substituents is 2. The van der Waals surface area contributed by atoms with E-state index in [4.69, 9.17) is 21.2 Å². The zero-order valence-electron chi connectivity index (χ0n) is 17.8. The number of benzene rings is 1. The summed E-state index contributed by atoms with van der Waals surface area (Å²) < 4.78 is 5.21. The van der Waals surface area contributed by atoms with Crippen molar-refractivity contribution in [1.82, 2.24) is 4.90 Å². The molecule has 32 heavy (non-hydrogen) atoms. The summed E-state index contributed by atoms with van der Waals surface area (Å²) in [4.78, 5) is 32.0. The molecule has 2 aliphatic rings. The number of phenols is 2. The van der Waals surface area contributed by atoms with Gasteiger partial charge in [-0.1, -0.05) is 35.0 Å². The van der Waals surface area contributed by atoms with Crippen molar-refractivity contribution >= 4 is 29.2 Å². The highest BCUT2D eigenvalue weighted by molar-refractivity contribution is 6.33. The lowest BCUT2D eigenvalue weighted by molar-refractivity contribution is -0.137. The Kier molecular flexibility index (Phi) is 8.56. The summed E-state index contributed by atoms with van der Waals surface area (Å²) in [5.41, 5.74) is 0.387. The molecule has 2 aliphatic heterocycles. The molecule has 0 radical (unpaired) electrons. The molecule has 3 rings (SSSR count). The number of hydrogen-bond acceptors (Lipinski definition) is 7. The molecule has 0 spiro atoms. The lowest BCUT2D eigenvalue weighted by Gasteiger charge is -2.26. The normalized spacial score (nSPS) is 20.8. The second kappa shape index (κ2) is 11.6. The maximum absolute atomic E-state index is 12.6. The molecule has 1 fully saturated rings. The number of fused-ring (bicyclic) bond motifs is 1. The lowest BCUT2D eigenvalue weighted by Crippen LogP contribution is -2.37. The van der Waals surface area contributed by atoms with Crippen molar-refractivity contribution in [2.24, 2.45) is 5.16 Å². The van der Waals surface area contributed by atoms with Gasteiger partial charge in [0, 0.05) is 25.6 Å². The van der Waals surface area contributed by atoms with Gasteiger partial charge in [0.1, 0.15) is 23.7 Å². The van der Waals surface area contributed by atoms with Crippen LogP contribution in [0.4, 0.5) is 0 Å². The fraction of sp³-hybridized carbons (Fsp3) is 0.435. The number of amides is 1. The maximum atomic E-state index is 12.6. The number of nitrogens with zero attached hydrogens (tertiary/aromatic N) is 2. The highest BCUT2D eigenvalue weighted by Crippen LogP contribution is 2.37. The molecule has 2 N–H and O–H groups in total. The van der Waals surface area contributed by atoms with Crippen molar-refractivity contribution in [3.63, 3.8) is 0 Å². The van der Waals surface area contributed by atoms with Crippen LogP contribution in [0.2, 0.25) is 5.02 Å². The topological polar surface area (TPSA) is 109 Å². The van der Waals surface area contributed by atoms with E-state index in [1.165, 1.54) is 0 Å². The predicted molar refractivity (Wildman–Crippen MR) is 120 cm³/mol. The van der Waals surface area contributed by atoms with Crippen molar-refractivity contribution in [3.8, 4) is 11.5 Å². The van der Waals surface area contributed by atoms with Crippen LogP contribution in [0.3, 0.4) is 0 Å². The van der Waals surface area contributed by atoms with Gasteiger partial charge < -0.3 is 24.7 Å². The number of ether oxygens (including phenoxy) is 1. The average Bonchev–Trinajstić information content (AvgIpc) is 2.80. The van der Waals surface area contributed by atoms with Crippen molar-refractivity contribution in [3.05, 3.63) is 46.5 Å². The summed E-state index contributed by atoms with van der Waals surface area (Å²) >= 11 is 6.26. The summed E-state index contributed by atoms with van der Waals surface area (Å²) in [6.07, 6.45) is 11.7. The summed E-state index contributed by atoms with van der Waals surface area (Å²) in [6, 6.07) is 0.997. The Morgan fingerprint density at radius 2 is 1.88 bits per heavy atom. The van der Waals surface area contributed by atoms with Gasteiger partial charge in [0.15, 0.2) is 6.61 Å². The highest BCUT2D eigenvalue weighted by Gasteiger charge is 2.24. The van der Waals surface area contributed by atoms with Gasteiger partial charge in [-0.2, -0.15) is 0 Å². The van der Waals surface area contributed by atoms with E-state index < -0.39 is 11.7 Å². The van der Waals surface area contributed by atoms with Crippen molar-refractivity contribution in [1.29, 1.82) is 0 Å². The number of carbonyl (C=O) groups excluding carboxylic acids is 2. The molecule has 0 bridgehead atoms. The first kappa shape index (κ1) is 23.7. The minimum Gasteiger partial charge on any atom is -0.507 e.